The Hall–Kier alpha value is -0.570. The molecule has 2 unspecified atom stereocenters. The Bertz CT molecular complexity index is 195. The van der Waals surface area contributed by atoms with Crippen LogP contribution in [0.25, 0.3) is 0 Å². The third kappa shape index (κ3) is 2.71. The molecular weight excluding hydrogens is 178 g/mol. The lowest BCUT2D eigenvalue weighted by molar-refractivity contribution is -0.139. The Labute approximate surface area is 86.1 Å². The fourth-order valence-electron chi connectivity index (χ4n) is 2.85. The summed E-state index contributed by atoms with van der Waals surface area (Å²) in [6, 6.07) is 0.444. The quantitative estimate of drug-likeness (QED) is 0.754. The molecule has 0 aromatic carbocycles. The summed E-state index contributed by atoms with van der Waals surface area (Å²) in [5.41, 5.74) is 0. The number of nitrogens with zero attached hydrogens (tertiary/aromatic N) is 1. The standard InChI is InChI=1S/C11H21NO2/c1-8-5-4-6-9(2)11(8)12(3)7-10(13)14/h8-9,11H,4-7H2,1-3H3,(H,13,14). The molecule has 0 aliphatic heterocycles. The second-order valence-corrected chi connectivity index (χ2v) is 4.68. The molecule has 0 saturated heterocycles. The number of likely N-dealkylation sites (N-methyl/N-ethyl adjacent to an activating group) is 1. The number of aliphatic carboxylic acids is 1. The molecule has 0 aromatic heterocycles. The molecule has 1 aliphatic rings. The molecule has 3 nitrogen and oxygen atoms in total. The molecule has 1 aliphatic carbocycles. The van der Waals surface area contributed by atoms with Crippen LogP contribution in [-0.2, 0) is 4.79 Å². The van der Waals surface area contributed by atoms with Gasteiger partial charge in [-0.3, -0.25) is 9.69 Å². The average Bonchev–Trinajstić information content (AvgIpc) is 2.01. The van der Waals surface area contributed by atoms with Gasteiger partial charge in [0.2, 0.25) is 0 Å². The summed E-state index contributed by atoms with van der Waals surface area (Å²) < 4.78 is 0. The Morgan fingerprint density at radius 2 is 1.86 bits per heavy atom. The Morgan fingerprint density at radius 1 is 1.36 bits per heavy atom. The lowest BCUT2D eigenvalue weighted by Crippen LogP contribution is -2.45. The zero-order valence-corrected chi connectivity index (χ0v) is 9.36. The van der Waals surface area contributed by atoms with Crippen LogP contribution in [0, 0.1) is 11.8 Å². The summed E-state index contributed by atoms with van der Waals surface area (Å²) in [6.45, 7) is 4.64. The fourth-order valence-corrected chi connectivity index (χ4v) is 2.85. The van der Waals surface area contributed by atoms with Crippen LogP contribution in [0.15, 0.2) is 0 Å². The van der Waals surface area contributed by atoms with Crippen LogP contribution in [0.3, 0.4) is 0 Å². The summed E-state index contributed by atoms with van der Waals surface area (Å²) in [4.78, 5) is 12.6. The van der Waals surface area contributed by atoms with Gasteiger partial charge < -0.3 is 5.11 Å². The van der Waals surface area contributed by atoms with E-state index in [0.29, 0.717) is 17.9 Å². The first-order chi connectivity index (χ1) is 6.52. The predicted octanol–water partition coefficient (Wildman–Crippen LogP) is 1.83. The van der Waals surface area contributed by atoms with Crippen molar-refractivity contribution in [3.63, 3.8) is 0 Å². The van der Waals surface area contributed by atoms with Gasteiger partial charge in [-0.15, -0.1) is 0 Å². The molecule has 82 valence electrons. The largest absolute Gasteiger partial charge is 0.480 e. The number of rotatable bonds is 3. The van der Waals surface area contributed by atoms with E-state index in [1.165, 1.54) is 19.3 Å². The lowest BCUT2D eigenvalue weighted by Gasteiger charge is -2.40. The molecule has 0 bridgehead atoms. The molecule has 0 aromatic rings. The molecule has 1 fully saturated rings. The summed E-state index contributed by atoms with van der Waals surface area (Å²) >= 11 is 0. The van der Waals surface area contributed by atoms with Gasteiger partial charge >= 0.3 is 5.97 Å². The first kappa shape index (κ1) is 11.5. The van der Waals surface area contributed by atoms with Crippen molar-refractivity contribution in [3.05, 3.63) is 0 Å². The SMILES string of the molecule is CC1CCCC(C)C1N(C)CC(=O)O. The van der Waals surface area contributed by atoms with Crippen LogP contribution >= 0.6 is 0 Å². The van der Waals surface area contributed by atoms with Crippen LogP contribution < -0.4 is 0 Å². The van der Waals surface area contributed by atoms with Crippen molar-refractivity contribution in [3.8, 4) is 0 Å². The van der Waals surface area contributed by atoms with E-state index in [1.54, 1.807) is 0 Å². The maximum Gasteiger partial charge on any atom is 0.317 e. The molecule has 1 rings (SSSR count). The summed E-state index contributed by atoms with van der Waals surface area (Å²) in [7, 11) is 1.93. The predicted molar refractivity (Wildman–Crippen MR) is 56.2 cm³/mol. The van der Waals surface area contributed by atoms with Crippen molar-refractivity contribution in [1.82, 2.24) is 4.90 Å². The highest BCUT2D eigenvalue weighted by molar-refractivity contribution is 5.69. The molecule has 0 spiro atoms. The highest BCUT2D eigenvalue weighted by atomic mass is 16.4. The van der Waals surface area contributed by atoms with Gasteiger partial charge in [0.15, 0.2) is 0 Å². The van der Waals surface area contributed by atoms with E-state index in [2.05, 4.69) is 13.8 Å². The van der Waals surface area contributed by atoms with Gasteiger partial charge in [0.05, 0.1) is 6.54 Å². The van der Waals surface area contributed by atoms with Crippen LogP contribution in [-0.4, -0.2) is 35.6 Å². The second-order valence-electron chi connectivity index (χ2n) is 4.68. The van der Waals surface area contributed by atoms with Gasteiger partial charge in [0, 0.05) is 6.04 Å². The first-order valence-corrected chi connectivity index (χ1v) is 5.44. The molecule has 2 atom stereocenters. The highest BCUT2D eigenvalue weighted by Crippen LogP contribution is 2.31. The number of carboxylic acid groups (broad SMARTS) is 1. The van der Waals surface area contributed by atoms with Crippen molar-refractivity contribution >= 4 is 5.97 Å². The maximum absolute atomic E-state index is 10.6. The third-order valence-corrected chi connectivity index (χ3v) is 3.38. The van der Waals surface area contributed by atoms with Crippen LogP contribution in [0.4, 0.5) is 0 Å². The first-order valence-electron chi connectivity index (χ1n) is 5.44. The molecule has 3 heteroatoms. The van der Waals surface area contributed by atoms with Crippen LogP contribution in [0.1, 0.15) is 33.1 Å². The zero-order chi connectivity index (χ0) is 10.7. The van der Waals surface area contributed by atoms with Crippen LogP contribution in [0.5, 0.6) is 0 Å². The van der Waals surface area contributed by atoms with E-state index in [-0.39, 0.29) is 6.54 Å². The zero-order valence-electron chi connectivity index (χ0n) is 9.36. The molecular formula is C11H21NO2. The third-order valence-electron chi connectivity index (χ3n) is 3.38. The Kier molecular flexibility index (Phi) is 3.93. The molecule has 0 radical (unpaired) electrons. The van der Waals surface area contributed by atoms with Gasteiger partial charge in [-0.1, -0.05) is 20.3 Å². The van der Waals surface area contributed by atoms with Crippen LogP contribution in [0.2, 0.25) is 0 Å². The molecule has 14 heavy (non-hydrogen) atoms. The number of carbonyl (C=O) groups is 1. The van der Waals surface area contributed by atoms with E-state index in [1.807, 2.05) is 11.9 Å². The van der Waals surface area contributed by atoms with Crippen molar-refractivity contribution < 1.29 is 9.90 Å². The average molecular weight is 199 g/mol. The van der Waals surface area contributed by atoms with Gasteiger partial charge in [0.1, 0.15) is 0 Å². The number of hydrogen-bond donors (Lipinski definition) is 1. The Morgan fingerprint density at radius 3 is 2.29 bits per heavy atom. The van der Waals surface area contributed by atoms with Gasteiger partial charge in [0.25, 0.3) is 0 Å². The summed E-state index contributed by atoms with van der Waals surface area (Å²) in [5, 5.41) is 8.75. The molecule has 1 N–H and O–H groups in total. The van der Waals surface area contributed by atoms with E-state index < -0.39 is 5.97 Å². The lowest BCUT2D eigenvalue weighted by atomic mass is 9.78. The maximum atomic E-state index is 10.6. The topological polar surface area (TPSA) is 40.5 Å². The van der Waals surface area contributed by atoms with Crippen molar-refractivity contribution in [1.29, 1.82) is 0 Å². The summed E-state index contributed by atoms with van der Waals surface area (Å²) in [5.74, 6) is 0.531. The monoisotopic (exact) mass is 199 g/mol. The van der Waals surface area contributed by atoms with E-state index in [4.69, 9.17) is 5.11 Å². The number of hydrogen-bond acceptors (Lipinski definition) is 2. The van der Waals surface area contributed by atoms with E-state index >= 15 is 0 Å². The minimum absolute atomic E-state index is 0.166. The highest BCUT2D eigenvalue weighted by Gasteiger charge is 2.31. The second kappa shape index (κ2) is 4.78. The minimum atomic E-state index is -0.725. The number of carboxylic acids is 1. The van der Waals surface area contributed by atoms with Crippen molar-refractivity contribution in [2.24, 2.45) is 11.8 Å². The molecule has 0 amide bonds. The van der Waals surface area contributed by atoms with Crippen molar-refractivity contribution in [2.75, 3.05) is 13.6 Å². The molecule has 0 heterocycles. The van der Waals surface area contributed by atoms with Gasteiger partial charge in [-0.05, 0) is 31.7 Å². The minimum Gasteiger partial charge on any atom is -0.480 e. The Balaban J connectivity index is 2.57. The van der Waals surface area contributed by atoms with E-state index in [9.17, 15) is 4.79 Å². The van der Waals surface area contributed by atoms with Gasteiger partial charge in [-0.25, -0.2) is 0 Å². The fraction of sp³-hybridized carbons (Fsp3) is 0.909. The smallest absolute Gasteiger partial charge is 0.317 e. The molecule has 1 saturated carbocycles. The summed E-state index contributed by atoms with van der Waals surface area (Å²) in [6.07, 6.45) is 3.76. The normalized spacial score (nSPS) is 33.3. The van der Waals surface area contributed by atoms with Gasteiger partial charge in [-0.2, -0.15) is 0 Å². The van der Waals surface area contributed by atoms with E-state index in [0.717, 1.165) is 0 Å². The van der Waals surface area contributed by atoms with Crippen molar-refractivity contribution in [2.45, 2.75) is 39.2 Å².